The number of hydrogen-bond donors (Lipinski definition) is 1. The molecule has 1 N–H and O–H groups in total. The third-order valence-corrected chi connectivity index (χ3v) is 4.75. The molecule has 0 aliphatic rings. The molecule has 0 unspecified atom stereocenters. The lowest BCUT2D eigenvalue weighted by Crippen LogP contribution is -2.25. The molecule has 166 valence electrons. The number of hydrogen-bond acceptors (Lipinski definition) is 5. The smallest absolute Gasteiger partial charge is 0.252 e. The Labute approximate surface area is 188 Å². The van der Waals surface area contributed by atoms with Gasteiger partial charge in [-0.25, -0.2) is 0 Å². The van der Waals surface area contributed by atoms with Gasteiger partial charge in [0.2, 0.25) is 0 Å². The van der Waals surface area contributed by atoms with Gasteiger partial charge in [0.1, 0.15) is 0 Å². The third kappa shape index (κ3) is 5.94. The quantitative estimate of drug-likeness (QED) is 0.440. The molecule has 6 nitrogen and oxygen atoms in total. The average molecular weight is 433 g/mol. The zero-order chi connectivity index (χ0) is 22.8. The second kappa shape index (κ2) is 11.6. The number of rotatable bonds is 11. The highest BCUT2D eigenvalue weighted by atomic mass is 16.5. The van der Waals surface area contributed by atoms with Crippen molar-refractivity contribution in [1.29, 1.82) is 0 Å². The molecule has 0 aliphatic carbocycles. The van der Waals surface area contributed by atoms with E-state index < -0.39 is 0 Å². The molecule has 1 amide bonds. The lowest BCUT2D eigenvalue weighted by atomic mass is 9.97. The average Bonchev–Trinajstić information content (AvgIpc) is 2.85. The van der Waals surface area contributed by atoms with Crippen LogP contribution in [-0.4, -0.2) is 29.9 Å². The molecule has 3 rings (SSSR count). The van der Waals surface area contributed by atoms with Gasteiger partial charge in [-0.15, -0.1) is 0 Å². The van der Waals surface area contributed by atoms with Crippen molar-refractivity contribution < 1.29 is 19.1 Å². The van der Waals surface area contributed by atoms with E-state index in [1.165, 1.54) is 0 Å². The molecule has 0 radical (unpaired) electrons. The minimum absolute atomic E-state index is 0.247. The van der Waals surface area contributed by atoms with Crippen molar-refractivity contribution >= 4 is 11.7 Å². The number of pyridine rings is 1. The van der Waals surface area contributed by atoms with Gasteiger partial charge in [-0.3, -0.25) is 14.6 Å². The summed E-state index contributed by atoms with van der Waals surface area (Å²) in [5.74, 6) is 0.588. The molecule has 1 aromatic heterocycles. The largest absolute Gasteiger partial charge is 0.490 e. The van der Waals surface area contributed by atoms with Crippen LogP contribution in [0.3, 0.4) is 0 Å². The molecule has 2 aromatic carbocycles. The molecule has 0 aliphatic heterocycles. The first kappa shape index (κ1) is 23.0. The molecule has 0 bridgehead atoms. The van der Waals surface area contributed by atoms with Crippen LogP contribution in [0.5, 0.6) is 11.5 Å². The van der Waals surface area contributed by atoms with Crippen molar-refractivity contribution in [3.05, 3.63) is 89.2 Å². The van der Waals surface area contributed by atoms with Crippen molar-refractivity contribution in [2.75, 3.05) is 13.2 Å². The van der Waals surface area contributed by atoms with Crippen LogP contribution < -0.4 is 14.8 Å². The number of ether oxygens (including phenoxy) is 2. The highest BCUT2D eigenvalue weighted by Gasteiger charge is 2.19. The molecule has 0 saturated heterocycles. The Morgan fingerprint density at radius 1 is 0.844 bits per heavy atom. The number of benzene rings is 2. The summed E-state index contributed by atoms with van der Waals surface area (Å²) in [6, 6.07) is 15.6. The van der Waals surface area contributed by atoms with Crippen molar-refractivity contribution in [2.45, 2.75) is 33.2 Å². The van der Waals surface area contributed by atoms with Gasteiger partial charge in [-0.05, 0) is 54.8 Å². The second-order valence-corrected chi connectivity index (χ2v) is 7.27. The summed E-state index contributed by atoms with van der Waals surface area (Å²) in [7, 11) is 0. The van der Waals surface area contributed by atoms with Crippen LogP contribution in [0.15, 0.2) is 67.0 Å². The maximum atomic E-state index is 13.3. The summed E-state index contributed by atoms with van der Waals surface area (Å²) < 4.78 is 11.6. The van der Waals surface area contributed by atoms with E-state index in [1.54, 1.807) is 54.9 Å². The van der Waals surface area contributed by atoms with Gasteiger partial charge in [0, 0.05) is 30.1 Å². The standard InChI is InChI=1S/C26H28N2O4/c1-3-15-31-23-10-9-20(17-24(23)32-16-4-2)25(29)21-7-5-6-8-22(21)26(30)28-18-19-11-13-27-14-12-19/h5-14,17H,3-4,15-16,18H2,1-2H3,(H,28,30). The summed E-state index contributed by atoms with van der Waals surface area (Å²) in [5.41, 5.74) is 2.03. The number of nitrogens with one attached hydrogen (secondary N) is 1. The molecule has 0 fully saturated rings. The summed E-state index contributed by atoms with van der Waals surface area (Å²) >= 11 is 0. The van der Waals surface area contributed by atoms with Crippen molar-refractivity contribution in [3.63, 3.8) is 0 Å². The van der Waals surface area contributed by atoms with Crippen LogP contribution in [0.1, 0.15) is 58.5 Å². The number of carbonyl (C=O) groups excluding carboxylic acids is 2. The molecular formula is C26H28N2O4. The Balaban J connectivity index is 1.83. The zero-order valence-corrected chi connectivity index (χ0v) is 18.5. The predicted octanol–water partition coefficient (Wildman–Crippen LogP) is 4.82. The van der Waals surface area contributed by atoms with E-state index in [0.29, 0.717) is 47.9 Å². The first-order valence-electron chi connectivity index (χ1n) is 10.8. The summed E-state index contributed by atoms with van der Waals surface area (Å²) in [4.78, 5) is 30.1. The second-order valence-electron chi connectivity index (χ2n) is 7.27. The van der Waals surface area contributed by atoms with Gasteiger partial charge in [0.25, 0.3) is 5.91 Å². The van der Waals surface area contributed by atoms with Gasteiger partial charge in [-0.1, -0.05) is 32.0 Å². The van der Waals surface area contributed by atoms with E-state index in [1.807, 2.05) is 26.0 Å². The SMILES string of the molecule is CCCOc1ccc(C(=O)c2ccccc2C(=O)NCc2ccncc2)cc1OCCC. The number of carbonyl (C=O) groups is 2. The topological polar surface area (TPSA) is 77.5 Å². The predicted molar refractivity (Wildman–Crippen MR) is 123 cm³/mol. The number of nitrogens with zero attached hydrogens (tertiary/aromatic N) is 1. The maximum Gasteiger partial charge on any atom is 0.252 e. The normalized spacial score (nSPS) is 10.4. The first-order valence-corrected chi connectivity index (χ1v) is 10.8. The highest BCUT2D eigenvalue weighted by molar-refractivity contribution is 6.15. The Bertz CT molecular complexity index is 1050. The van der Waals surface area contributed by atoms with E-state index in [2.05, 4.69) is 10.3 Å². The molecule has 6 heteroatoms. The Morgan fingerprint density at radius 2 is 1.50 bits per heavy atom. The van der Waals surface area contributed by atoms with E-state index in [9.17, 15) is 9.59 Å². The van der Waals surface area contributed by atoms with Crippen molar-refractivity contribution in [2.24, 2.45) is 0 Å². The third-order valence-electron chi connectivity index (χ3n) is 4.75. The van der Waals surface area contributed by atoms with Gasteiger partial charge in [-0.2, -0.15) is 0 Å². The molecular weight excluding hydrogens is 404 g/mol. The van der Waals surface area contributed by atoms with Gasteiger partial charge < -0.3 is 14.8 Å². The summed E-state index contributed by atoms with van der Waals surface area (Å²) in [6.07, 6.45) is 5.05. The lowest BCUT2D eigenvalue weighted by Gasteiger charge is -2.14. The monoisotopic (exact) mass is 432 g/mol. The Hall–Kier alpha value is -3.67. The van der Waals surface area contributed by atoms with Crippen molar-refractivity contribution in [3.8, 4) is 11.5 Å². The van der Waals surface area contributed by atoms with Crippen LogP contribution in [-0.2, 0) is 6.54 Å². The molecule has 0 spiro atoms. The van der Waals surface area contributed by atoms with Crippen LogP contribution in [0.2, 0.25) is 0 Å². The van der Waals surface area contributed by atoms with Gasteiger partial charge in [0.05, 0.1) is 18.8 Å². The van der Waals surface area contributed by atoms with Crippen LogP contribution in [0.25, 0.3) is 0 Å². The fraction of sp³-hybridized carbons (Fsp3) is 0.269. The number of aromatic nitrogens is 1. The van der Waals surface area contributed by atoms with E-state index in [-0.39, 0.29) is 11.7 Å². The van der Waals surface area contributed by atoms with E-state index in [0.717, 1.165) is 18.4 Å². The summed E-state index contributed by atoms with van der Waals surface area (Å²) in [6.45, 7) is 5.48. The minimum Gasteiger partial charge on any atom is -0.490 e. The lowest BCUT2D eigenvalue weighted by molar-refractivity contribution is 0.0939. The fourth-order valence-corrected chi connectivity index (χ4v) is 3.12. The maximum absolute atomic E-state index is 13.3. The Morgan fingerprint density at radius 3 is 2.19 bits per heavy atom. The molecule has 1 heterocycles. The minimum atomic E-state index is -0.309. The van der Waals surface area contributed by atoms with Crippen LogP contribution >= 0.6 is 0 Å². The number of amides is 1. The Kier molecular flexibility index (Phi) is 8.37. The molecule has 32 heavy (non-hydrogen) atoms. The molecule has 0 atom stereocenters. The summed E-state index contributed by atoms with van der Waals surface area (Å²) in [5, 5.41) is 2.87. The van der Waals surface area contributed by atoms with Gasteiger partial charge in [0.15, 0.2) is 17.3 Å². The van der Waals surface area contributed by atoms with Crippen LogP contribution in [0.4, 0.5) is 0 Å². The first-order chi connectivity index (χ1) is 15.6. The highest BCUT2D eigenvalue weighted by Crippen LogP contribution is 2.30. The molecule has 3 aromatic rings. The number of ketones is 1. The van der Waals surface area contributed by atoms with E-state index in [4.69, 9.17) is 9.47 Å². The van der Waals surface area contributed by atoms with Crippen molar-refractivity contribution in [1.82, 2.24) is 10.3 Å². The zero-order valence-electron chi connectivity index (χ0n) is 18.5. The fourth-order valence-electron chi connectivity index (χ4n) is 3.12. The van der Waals surface area contributed by atoms with Gasteiger partial charge >= 0.3 is 0 Å². The molecule has 0 saturated carbocycles. The van der Waals surface area contributed by atoms with E-state index >= 15 is 0 Å². The van der Waals surface area contributed by atoms with Crippen LogP contribution in [0, 0.1) is 0 Å².